The van der Waals surface area contributed by atoms with Crippen LogP contribution in [-0.2, 0) is 20.9 Å². The average Bonchev–Trinajstić information content (AvgIpc) is 3.28. The Morgan fingerprint density at radius 1 is 1.24 bits per heavy atom. The van der Waals surface area contributed by atoms with Crippen molar-refractivity contribution in [3.8, 4) is 0 Å². The van der Waals surface area contributed by atoms with Crippen molar-refractivity contribution < 1.29 is 24.2 Å². The number of H-pyrrole nitrogens is 1. The smallest absolute Gasteiger partial charge is 0.280 e. The number of amides is 3. The fourth-order valence-electron chi connectivity index (χ4n) is 4.25. The van der Waals surface area contributed by atoms with Crippen LogP contribution in [0.3, 0.4) is 0 Å². The number of nitrogens with zero attached hydrogens (tertiary/aromatic N) is 4. The molecular formula is C28H31N5O5. The van der Waals surface area contributed by atoms with Gasteiger partial charge in [0.25, 0.3) is 11.8 Å². The number of carbonyl (C=O) groups is 3. The molecule has 0 radical (unpaired) electrons. The number of rotatable bonds is 9. The number of benzene rings is 2. The van der Waals surface area contributed by atoms with Crippen molar-refractivity contribution in [2.45, 2.75) is 19.9 Å². The Morgan fingerprint density at radius 2 is 2.05 bits per heavy atom. The Balaban J connectivity index is 1.70. The number of aromatic amines is 1. The van der Waals surface area contributed by atoms with Crippen molar-refractivity contribution in [3.05, 3.63) is 77.6 Å². The highest BCUT2D eigenvalue weighted by Gasteiger charge is 2.21. The second-order valence-electron chi connectivity index (χ2n) is 8.81. The van der Waals surface area contributed by atoms with E-state index >= 15 is 0 Å². The van der Waals surface area contributed by atoms with Gasteiger partial charge in [0.05, 0.1) is 17.6 Å². The molecule has 1 aliphatic heterocycles. The molecule has 198 valence electrons. The van der Waals surface area contributed by atoms with E-state index in [9.17, 15) is 19.5 Å². The molecule has 1 fully saturated rings. The molecule has 0 aliphatic carbocycles. The highest BCUT2D eigenvalue weighted by atomic mass is 16.5. The topological polar surface area (TPSA) is 120 Å². The van der Waals surface area contributed by atoms with E-state index in [0.717, 1.165) is 27.9 Å². The van der Waals surface area contributed by atoms with Crippen LogP contribution in [0.25, 0.3) is 16.6 Å². The lowest BCUT2D eigenvalue weighted by Crippen LogP contribution is -2.41. The van der Waals surface area contributed by atoms with Gasteiger partial charge in [-0.05, 0) is 60.9 Å². The fraction of sp³-hybridized carbons (Fsp3) is 0.286. The van der Waals surface area contributed by atoms with Crippen molar-refractivity contribution >= 4 is 40.5 Å². The molecule has 1 saturated heterocycles. The minimum atomic E-state index is -0.427. The number of morpholine rings is 1. The first-order valence-electron chi connectivity index (χ1n) is 12.4. The average molecular weight is 518 g/mol. The molecule has 4 rings (SSSR count). The van der Waals surface area contributed by atoms with Crippen LogP contribution in [0.4, 0.5) is 5.69 Å². The number of allylic oxidation sites excluding steroid dienone is 3. The summed E-state index contributed by atoms with van der Waals surface area (Å²) in [6.07, 6.45) is 6.53. The van der Waals surface area contributed by atoms with E-state index < -0.39 is 5.91 Å². The Morgan fingerprint density at radius 3 is 2.79 bits per heavy atom. The van der Waals surface area contributed by atoms with E-state index in [4.69, 9.17) is 4.74 Å². The summed E-state index contributed by atoms with van der Waals surface area (Å²) >= 11 is 0. The zero-order valence-corrected chi connectivity index (χ0v) is 21.5. The van der Waals surface area contributed by atoms with E-state index in [1.54, 1.807) is 42.4 Å². The largest absolute Gasteiger partial charge is 0.396 e. The molecule has 3 aromatic rings. The summed E-state index contributed by atoms with van der Waals surface area (Å²) in [4.78, 5) is 47.1. The van der Waals surface area contributed by atoms with E-state index in [2.05, 4.69) is 9.98 Å². The number of ether oxygens (including phenoxy) is 1. The molecule has 10 nitrogen and oxygen atoms in total. The summed E-state index contributed by atoms with van der Waals surface area (Å²) in [6, 6.07) is 12.7. The monoisotopic (exact) mass is 517 g/mol. The van der Waals surface area contributed by atoms with Crippen molar-refractivity contribution in [1.29, 1.82) is 0 Å². The molecule has 0 bridgehead atoms. The predicted octanol–water partition coefficient (Wildman–Crippen LogP) is 2.46. The zero-order valence-electron chi connectivity index (χ0n) is 21.5. The van der Waals surface area contributed by atoms with Crippen LogP contribution in [0.5, 0.6) is 0 Å². The van der Waals surface area contributed by atoms with E-state index in [-0.39, 0.29) is 19.1 Å². The van der Waals surface area contributed by atoms with Crippen molar-refractivity contribution in [1.82, 2.24) is 14.5 Å². The third-order valence-electron chi connectivity index (χ3n) is 6.23. The van der Waals surface area contributed by atoms with Crippen LogP contribution in [0.1, 0.15) is 29.3 Å². The van der Waals surface area contributed by atoms with Crippen molar-refractivity contribution in [2.24, 2.45) is 4.99 Å². The maximum atomic E-state index is 13.2. The highest BCUT2D eigenvalue weighted by Crippen LogP contribution is 2.22. The van der Waals surface area contributed by atoms with Crippen molar-refractivity contribution in [3.63, 3.8) is 0 Å². The number of imidazole rings is 1. The summed E-state index contributed by atoms with van der Waals surface area (Å²) in [6.45, 7) is 3.32. The van der Waals surface area contributed by atoms with Crippen LogP contribution in [-0.4, -0.2) is 71.2 Å². The first-order valence-corrected chi connectivity index (χ1v) is 12.4. The molecule has 38 heavy (non-hydrogen) atoms. The van der Waals surface area contributed by atoms with E-state index in [1.807, 2.05) is 41.8 Å². The first-order chi connectivity index (χ1) is 18.4. The van der Waals surface area contributed by atoms with Crippen molar-refractivity contribution in [2.75, 3.05) is 38.3 Å². The van der Waals surface area contributed by atoms with Crippen LogP contribution >= 0.6 is 0 Å². The molecule has 10 heteroatoms. The number of hydrogen-bond donors (Lipinski definition) is 2. The number of aliphatic hydroxyl groups is 1. The predicted molar refractivity (Wildman–Crippen MR) is 144 cm³/mol. The molecule has 0 unspecified atom stereocenters. The summed E-state index contributed by atoms with van der Waals surface area (Å²) in [5, 5.41) is 9.42. The summed E-state index contributed by atoms with van der Waals surface area (Å²) in [7, 11) is 1.64. The van der Waals surface area contributed by atoms with Crippen LogP contribution < -0.4 is 10.5 Å². The number of anilines is 1. The summed E-state index contributed by atoms with van der Waals surface area (Å²) in [5.74, 6) is -0.535. The SMILES string of the molecule is C/C=C(\C=C/N(C)C=O)c1cccc(C(=O)/N=c2\[nH]c3cc(N4CCOCC4=O)ccc3n2CCCO)c1. The molecular weight excluding hydrogens is 486 g/mol. The molecule has 1 aliphatic rings. The number of aryl methyl sites for hydroxylation is 1. The number of nitrogens with one attached hydrogen (secondary N) is 1. The summed E-state index contributed by atoms with van der Waals surface area (Å²) in [5.41, 5.74) is 4.69. The molecule has 2 aromatic carbocycles. The Hall–Kier alpha value is -4.28. The Kier molecular flexibility index (Phi) is 8.67. The first kappa shape index (κ1) is 26.8. The second kappa shape index (κ2) is 12.3. The Bertz CT molecular complexity index is 1470. The number of aromatic nitrogens is 2. The van der Waals surface area contributed by atoms with Gasteiger partial charge in [-0.2, -0.15) is 4.99 Å². The molecule has 1 aromatic heterocycles. The second-order valence-corrected chi connectivity index (χ2v) is 8.81. The summed E-state index contributed by atoms with van der Waals surface area (Å²) < 4.78 is 7.09. The third-order valence-corrected chi connectivity index (χ3v) is 6.23. The van der Waals surface area contributed by atoms with E-state index in [0.29, 0.717) is 43.7 Å². The molecule has 0 saturated carbocycles. The minimum Gasteiger partial charge on any atom is -0.396 e. The van der Waals surface area contributed by atoms with Gasteiger partial charge in [-0.3, -0.25) is 14.4 Å². The normalized spacial score (nSPS) is 15.0. The van der Waals surface area contributed by atoms with Crippen LogP contribution in [0.2, 0.25) is 0 Å². The van der Waals surface area contributed by atoms with Crippen LogP contribution in [0, 0.1) is 0 Å². The number of carbonyl (C=O) groups excluding carboxylic acids is 3. The highest BCUT2D eigenvalue weighted by molar-refractivity contribution is 5.97. The number of aliphatic hydroxyl groups excluding tert-OH is 1. The lowest BCUT2D eigenvalue weighted by molar-refractivity contribution is -0.125. The fourth-order valence-corrected chi connectivity index (χ4v) is 4.25. The maximum absolute atomic E-state index is 13.2. The quantitative estimate of drug-likeness (QED) is 0.334. The lowest BCUT2D eigenvalue weighted by Gasteiger charge is -2.26. The molecule has 2 heterocycles. The van der Waals surface area contributed by atoms with Gasteiger partial charge in [-0.25, -0.2) is 0 Å². The minimum absolute atomic E-state index is 0.00555. The lowest BCUT2D eigenvalue weighted by atomic mass is 10.0. The van der Waals surface area contributed by atoms with Gasteiger partial charge in [0.2, 0.25) is 12.0 Å². The molecule has 0 spiro atoms. The standard InChI is InChI=1S/C28H31N5O5/c1-3-20(10-12-31(2)19-35)21-6-4-7-22(16-21)27(37)30-28-29-24-17-23(32-13-15-38-18-26(32)36)8-9-25(24)33(28)11-5-14-34/h3-4,6-10,12,16-17,19,34H,5,11,13-15,18H2,1-2H3,(H,29,30,37)/b12-10-,20-3+. The van der Waals surface area contributed by atoms with Gasteiger partial charge >= 0.3 is 0 Å². The van der Waals surface area contributed by atoms with Crippen LogP contribution in [0.15, 0.2) is 65.8 Å². The third kappa shape index (κ3) is 5.99. The van der Waals surface area contributed by atoms with Gasteiger partial charge in [0, 0.05) is 44.2 Å². The molecule has 2 N–H and O–H groups in total. The van der Waals surface area contributed by atoms with Gasteiger partial charge in [-0.15, -0.1) is 0 Å². The van der Waals surface area contributed by atoms with Gasteiger partial charge in [0.15, 0.2) is 0 Å². The van der Waals surface area contributed by atoms with Gasteiger partial charge < -0.3 is 29.2 Å². The van der Waals surface area contributed by atoms with E-state index in [1.165, 1.54) is 4.90 Å². The number of hydrogen-bond acceptors (Lipinski definition) is 5. The number of fused-ring (bicyclic) bond motifs is 1. The van der Waals surface area contributed by atoms with Gasteiger partial charge in [0.1, 0.15) is 6.61 Å². The maximum Gasteiger partial charge on any atom is 0.280 e. The zero-order chi connectivity index (χ0) is 27.1. The Labute approximate surface area is 220 Å². The van der Waals surface area contributed by atoms with Gasteiger partial charge in [-0.1, -0.05) is 18.2 Å². The molecule has 3 amide bonds. The molecule has 0 atom stereocenters.